The minimum atomic E-state index is -0.727. The van der Waals surface area contributed by atoms with Crippen molar-refractivity contribution in [2.24, 2.45) is 10.9 Å². The molecule has 7 nitrogen and oxygen atoms in total. The van der Waals surface area contributed by atoms with Crippen LogP contribution in [0.3, 0.4) is 0 Å². The number of ether oxygens (including phenoxy) is 3. The lowest BCUT2D eigenvalue weighted by molar-refractivity contribution is -0.146. The fourth-order valence-corrected chi connectivity index (χ4v) is 4.96. The predicted molar refractivity (Wildman–Crippen MR) is 128 cm³/mol. The summed E-state index contributed by atoms with van der Waals surface area (Å²) in [5, 5.41) is 10.1. The molecule has 0 spiro atoms. The Hall–Kier alpha value is -3.61. The standard InChI is InChI=1S/C27H29NO6/c1-5-34-27(31)24-15(2)28-20-12-18(16-6-9-19(32-3)10-7-16)13-22(30)26(20)25(24)17-8-11-21(29)23(14-17)33-4/h6-11,14,18,24-25,29H,5,12-13H2,1-4H3/t18-,24?,25-/m1/s1. The minimum Gasteiger partial charge on any atom is -0.504 e. The topological polar surface area (TPSA) is 94.4 Å². The second-order valence-electron chi connectivity index (χ2n) is 8.55. The number of hydrogen-bond acceptors (Lipinski definition) is 7. The van der Waals surface area contributed by atoms with Gasteiger partial charge >= 0.3 is 5.97 Å². The van der Waals surface area contributed by atoms with Gasteiger partial charge in [0.25, 0.3) is 0 Å². The number of allylic oxidation sites excluding steroid dienone is 2. The number of aromatic hydroxyl groups is 1. The molecule has 0 aromatic heterocycles. The summed E-state index contributed by atoms with van der Waals surface area (Å²) < 4.78 is 15.9. The van der Waals surface area contributed by atoms with Gasteiger partial charge in [-0.2, -0.15) is 0 Å². The first-order chi connectivity index (χ1) is 16.4. The molecule has 0 saturated carbocycles. The number of phenolic OH excluding ortho intramolecular Hbond substituents is 1. The maximum atomic E-state index is 13.6. The monoisotopic (exact) mass is 463 g/mol. The van der Waals surface area contributed by atoms with Crippen LogP contribution in [0.2, 0.25) is 0 Å². The van der Waals surface area contributed by atoms with Gasteiger partial charge in [-0.1, -0.05) is 18.2 Å². The van der Waals surface area contributed by atoms with Gasteiger partial charge in [-0.15, -0.1) is 0 Å². The molecule has 1 N–H and O–H groups in total. The maximum Gasteiger partial charge on any atom is 0.315 e. The highest BCUT2D eigenvalue weighted by Gasteiger charge is 2.45. The fraction of sp³-hybridized carbons (Fsp3) is 0.370. The molecule has 0 radical (unpaired) electrons. The number of methoxy groups -OCH3 is 2. The van der Waals surface area contributed by atoms with Crippen molar-refractivity contribution in [1.82, 2.24) is 0 Å². The van der Waals surface area contributed by atoms with Crippen molar-refractivity contribution < 1.29 is 28.9 Å². The Balaban J connectivity index is 1.79. The number of ketones is 1. The summed E-state index contributed by atoms with van der Waals surface area (Å²) in [6, 6.07) is 12.7. The summed E-state index contributed by atoms with van der Waals surface area (Å²) in [5.41, 5.74) is 3.60. The summed E-state index contributed by atoms with van der Waals surface area (Å²) >= 11 is 0. The quantitative estimate of drug-likeness (QED) is 0.632. The number of hydrogen-bond donors (Lipinski definition) is 1. The van der Waals surface area contributed by atoms with Gasteiger partial charge in [0, 0.05) is 29.3 Å². The van der Waals surface area contributed by atoms with E-state index in [0.29, 0.717) is 35.4 Å². The molecule has 0 bridgehead atoms. The second kappa shape index (κ2) is 9.71. The Morgan fingerprint density at radius 3 is 2.41 bits per heavy atom. The van der Waals surface area contributed by atoms with Crippen molar-refractivity contribution in [2.75, 3.05) is 20.8 Å². The number of aliphatic imine (C=N–C) groups is 1. The van der Waals surface area contributed by atoms with Gasteiger partial charge in [0.1, 0.15) is 11.7 Å². The smallest absolute Gasteiger partial charge is 0.315 e. The van der Waals surface area contributed by atoms with Gasteiger partial charge in [0.15, 0.2) is 17.3 Å². The number of rotatable bonds is 6. The van der Waals surface area contributed by atoms with Crippen LogP contribution in [0.5, 0.6) is 17.2 Å². The number of esters is 1. The van der Waals surface area contributed by atoms with Gasteiger partial charge in [0.2, 0.25) is 0 Å². The number of carbonyl (C=O) groups excluding carboxylic acids is 2. The number of carbonyl (C=O) groups is 2. The van der Waals surface area contributed by atoms with Crippen LogP contribution in [0, 0.1) is 5.92 Å². The summed E-state index contributed by atoms with van der Waals surface area (Å²) in [5.74, 6) is -0.730. The molecule has 7 heteroatoms. The summed E-state index contributed by atoms with van der Waals surface area (Å²) in [6.45, 7) is 3.78. The Bertz CT molecular complexity index is 1160. The molecule has 2 aromatic rings. The molecule has 34 heavy (non-hydrogen) atoms. The first kappa shape index (κ1) is 23.5. The third-order valence-electron chi connectivity index (χ3n) is 6.58. The number of phenols is 1. The van der Waals surface area contributed by atoms with Gasteiger partial charge in [-0.25, -0.2) is 0 Å². The third-order valence-corrected chi connectivity index (χ3v) is 6.58. The van der Waals surface area contributed by atoms with Crippen molar-refractivity contribution in [3.8, 4) is 17.2 Å². The normalized spacial score (nSPS) is 22.1. The number of benzene rings is 2. The molecule has 1 aliphatic heterocycles. The lowest BCUT2D eigenvalue weighted by Crippen LogP contribution is -2.38. The Labute approximate surface area is 199 Å². The van der Waals surface area contributed by atoms with Crippen LogP contribution >= 0.6 is 0 Å². The van der Waals surface area contributed by atoms with E-state index in [2.05, 4.69) is 0 Å². The number of nitrogens with zero attached hydrogens (tertiary/aromatic N) is 1. The van der Waals surface area contributed by atoms with Crippen LogP contribution in [0.4, 0.5) is 0 Å². The Morgan fingerprint density at radius 2 is 1.76 bits per heavy atom. The van der Waals surface area contributed by atoms with E-state index < -0.39 is 17.8 Å². The van der Waals surface area contributed by atoms with Crippen LogP contribution in [0.15, 0.2) is 58.7 Å². The molecule has 0 saturated heterocycles. The van der Waals surface area contributed by atoms with E-state index in [9.17, 15) is 14.7 Å². The summed E-state index contributed by atoms with van der Waals surface area (Å²) in [6.07, 6.45) is 0.910. The molecule has 2 aromatic carbocycles. The van der Waals surface area contributed by atoms with Gasteiger partial charge in [-0.05, 0) is 61.6 Å². The van der Waals surface area contributed by atoms with Crippen LogP contribution in [0.25, 0.3) is 0 Å². The molecular weight excluding hydrogens is 434 g/mol. The SMILES string of the molecule is CCOC(=O)C1C(C)=NC2=C(C(=O)C[C@H](c3ccc(OC)cc3)C2)[C@@H]1c1ccc(O)c(OC)c1. The zero-order valence-electron chi connectivity index (χ0n) is 19.8. The summed E-state index contributed by atoms with van der Waals surface area (Å²) in [4.78, 5) is 31.4. The lowest BCUT2D eigenvalue weighted by Gasteiger charge is -2.36. The highest BCUT2D eigenvalue weighted by molar-refractivity contribution is 6.09. The van der Waals surface area contributed by atoms with Crippen molar-refractivity contribution >= 4 is 17.5 Å². The molecule has 0 amide bonds. The van der Waals surface area contributed by atoms with E-state index in [0.717, 1.165) is 11.3 Å². The molecule has 0 fully saturated rings. The van der Waals surface area contributed by atoms with Crippen LogP contribution in [-0.4, -0.2) is 43.4 Å². The van der Waals surface area contributed by atoms with E-state index in [1.54, 1.807) is 33.1 Å². The van der Waals surface area contributed by atoms with E-state index in [4.69, 9.17) is 19.2 Å². The maximum absolute atomic E-state index is 13.6. The van der Waals surface area contributed by atoms with Crippen molar-refractivity contribution in [3.05, 3.63) is 64.9 Å². The van der Waals surface area contributed by atoms with Crippen molar-refractivity contribution in [1.29, 1.82) is 0 Å². The molecule has 1 unspecified atom stereocenters. The van der Waals surface area contributed by atoms with Gasteiger partial charge < -0.3 is 19.3 Å². The molecular formula is C27H29NO6. The van der Waals surface area contributed by atoms with Crippen LogP contribution < -0.4 is 9.47 Å². The first-order valence-corrected chi connectivity index (χ1v) is 11.4. The highest BCUT2D eigenvalue weighted by Crippen LogP contribution is 2.48. The second-order valence-corrected chi connectivity index (χ2v) is 8.55. The molecule has 2 aliphatic rings. The lowest BCUT2D eigenvalue weighted by atomic mass is 9.69. The van der Waals surface area contributed by atoms with E-state index in [-0.39, 0.29) is 29.8 Å². The first-order valence-electron chi connectivity index (χ1n) is 11.4. The van der Waals surface area contributed by atoms with Gasteiger partial charge in [0.05, 0.1) is 20.8 Å². The van der Waals surface area contributed by atoms with E-state index in [1.807, 2.05) is 24.3 Å². The number of Topliss-reactive ketones (excluding diaryl/α,β-unsaturated/α-hetero) is 1. The average Bonchev–Trinajstić information content (AvgIpc) is 2.83. The molecule has 1 aliphatic carbocycles. The Kier molecular flexibility index (Phi) is 6.72. The molecule has 4 rings (SSSR count). The molecule has 1 heterocycles. The predicted octanol–water partition coefficient (Wildman–Crippen LogP) is 4.55. The van der Waals surface area contributed by atoms with E-state index >= 15 is 0 Å². The zero-order valence-corrected chi connectivity index (χ0v) is 19.8. The Morgan fingerprint density at radius 1 is 1.06 bits per heavy atom. The van der Waals surface area contributed by atoms with Crippen molar-refractivity contribution in [3.63, 3.8) is 0 Å². The fourth-order valence-electron chi connectivity index (χ4n) is 4.96. The third kappa shape index (κ3) is 4.30. The zero-order chi connectivity index (χ0) is 24.4. The highest BCUT2D eigenvalue weighted by atomic mass is 16.5. The average molecular weight is 464 g/mol. The summed E-state index contributed by atoms with van der Waals surface area (Å²) in [7, 11) is 3.08. The van der Waals surface area contributed by atoms with Gasteiger partial charge in [-0.3, -0.25) is 14.6 Å². The van der Waals surface area contributed by atoms with Crippen molar-refractivity contribution in [2.45, 2.75) is 38.5 Å². The largest absolute Gasteiger partial charge is 0.504 e. The molecule has 3 atom stereocenters. The van der Waals surface area contributed by atoms with Crippen LogP contribution in [-0.2, 0) is 14.3 Å². The minimum absolute atomic E-state index is 0.0103. The van der Waals surface area contributed by atoms with Crippen LogP contribution in [0.1, 0.15) is 49.7 Å². The molecule has 178 valence electrons. The van der Waals surface area contributed by atoms with E-state index in [1.165, 1.54) is 13.2 Å².